The highest BCUT2D eigenvalue weighted by Crippen LogP contribution is 2.49. The fraction of sp³-hybridized carbons (Fsp3) is 0.161. The zero-order valence-electron chi connectivity index (χ0n) is 20.5. The van der Waals surface area contributed by atoms with E-state index in [4.69, 9.17) is 4.74 Å². The Labute approximate surface area is 221 Å². The zero-order valence-corrected chi connectivity index (χ0v) is 21.4. The molecule has 5 nitrogen and oxygen atoms in total. The van der Waals surface area contributed by atoms with Crippen LogP contribution in [0, 0.1) is 0 Å². The quantitative estimate of drug-likeness (QED) is 0.211. The number of β-lactam (4-membered cyclic amide) rings is 1. The second-order valence-electron chi connectivity index (χ2n) is 8.96. The van der Waals surface area contributed by atoms with Crippen molar-refractivity contribution in [3.05, 3.63) is 132 Å². The number of carbonyl (C=O) groups is 2. The van der Waals surface area contributed by atoms with E-state index in [1.165, 1.54) is 28.6 Å². The van der Waals surface area contributed by atoms with Crippen LogP contribution in [0.25, 0.3) is 0 Å². The first kappa shape index (κ1) is 24.7. The normalized spacial score (nSPS) is 15.3. The van der Waals surface area contributed by atoms with Gasteiger partial charge in [0.25, 0.3) is 0 Å². The van der Waals surface area contributed by atoms with Crippen LogP contribution >= 0.6 is 11.8 Å². The van der Waals surface area contributed by atoms with E-state index in [0.29, 0.717) is 12.2 Å². The Balaban J connectivity index is 0.000000340. The Hall–Kier alpha value is -4.03. The zero-order chi connectivity index (χ0) is 25.7. The van der Waals surface area contributed by atoms with Crippen molar-refractivity contribution in [2.45, 2.75) is 24.1 Å². The maximum absolute atomic E-state index is 12.0. The lowest BCUT2D eigenvalue weighted by Gasteiger charge is -2.42. The molecule has 1 fully saturated rings. The first-order valence-corrected chi connectivity index (χ1v) is 13.2. The number of nitrogens with zero attached hydrogens (tertiary/aromatic N) is 1. The van der Waals surface area contributed by atoms with Gasteiger partial charge in [-0.05, 0) is 28.8 Å². The van der Waals surface area contributed by atoms with E-state index in [-0.39, 0.29) is 17.9 Å². The number of benzene rings is 4. The minimum atomic E-state index is -0.426. The molecule has 1 atom stereocenters. The SMILES string of the molecule is CC(=O)NN1C(=O)CC1CSC(c1ccccc1)(c1ccccc1)c1ccccc1.c1cc2cc(c1)O2. The summed E-state index contributed by atoms with van der Waals surface area (Å²) in [5.74, 6) is 2.40. The van der Waals surface area contributed by atoms with E-state index in [0.717, 1.165) is 11.5 Å². The molecule has 37 heavy (non-hydrogen) atoms. The molecule has 4 aromatic carbocycles. The van der Waals surface area contributed by atoms with Crippen molar-refractivity contribution in [2.75, 3.05) is 5.75 Å². The number of nitrogens with one attached hydrogen (secondary N) is 1. The van der Waals surface area contributed by atoms with Crippen LogP contribution < -0.4 is 10.2 Å². The summed E-state index contributed by atoms with van der Waals surface area (Å²) in [4.78, 5) is 23.5. The van der Waals surface area contributed by atoms with Gasteiger partial charge >= 0.3 is 0 Å². The fourth-order valence-corrected chi connectivity index (χ4v) is 6.23. The molecule has 3 aliphatic rings. The number of thioether (sulfide) groups is 1. The lowest BCUT2D eigenvalue weighted by Crippen LogP contribution is -2.61. The summed E-state index contributed by atoms with van der Waals surface area (Å²) in [5.41, 5.74) is 6.22. The van der Waals surface area contributed by atoms with Crippen LogP contribution in [0.4, 0.5) is 0 Å². The number of fused-ring (bicyclic) bond motifs is 2. The van der Waals surface area contributed by atoms with E-state index in [9.17, 15) is 9.59 Å². The largest absolute Gasteiger partial charge is 0.457 e. The number of hydrazine groups is 1. The molecule has 2 bridgehead atoms. The molecule has 0 aliphatic carbocycles. The Kier molecular flexibility index (Phi) is 7.28. The number of hydrogen-bond acceptors (Lipinski definition) is 4. The summed E-state index contributed by atoms with van der Waals surface area (Å²) in [6, 6.07) is 39.2. The Bertz CT molecular complexity index is 1240. The average Bonchev–Trinajstić information content (AvgIpc) is 2.94. The average molecular weight is 509 g/mol. The highest BCUT2D eigenvalue weighted by Gasteiger charge is 2.42. The van der Waals surface area contributed by atoms with E-state index in [1.54, 1.807) is 11.8 Å². The van der Waals surface area contributed by atoms with E-state index >= 15 is 0 Å². The van der Waals surface area contributed by atoms with Crippen LogP contribution in [0.3, 0.4) is 0 Å². The fourth-order valence-electron chi connectivity index (χ4n) is 4.61. The van der Waals surface area contributed by atoms with Gasteiger partial charge in [0.2, 0.25) is 11.8 Å². The van der Waals surface area contributed by atoms with Crippen molar-refractivity contribution in [3.63, 3.8) is 0 Å². The van der Waals surface area contributed by atoms with Crippen LogP contribution in [0.2, 0.25) is 0 Å². The van der Waals surface area contributed by atoms with Gasteiger partial charge in [0.15, 0.2) is 0 Å². The molecule has 0 aromatic heterocycles. The van der Waals surface area contributed by atoms with Gasteiger partial charge in [-0.15, -0.1) is 11.8 Å². The molecule has 0 spiro atoms. The molecule has 1 saturated heterocycles. The molecule has 3 aliphatic heterocycles. The van der Waals surface area contributed by atoms with Gasteiger partial charge in [0.05, 0.1) is 17.2 Å². The number of carbonyl (C=O) groups excluding carboxylic acids is 2. The summed E-state index contributed by atoms with van der Waals surface area (Å²) in [6.07, 6.45) is 0.446. The lowest BCUT2D eigenvalue weighted by atomic mass is 9.84. The summed E-state index contributed by atoms with van der Waals surface area (Å²) in [6.45, 7) is 1.43. The Morgan fingerprint density at radius 3 is 1.62 bits per heavy atom. The molecule has 2 amide bonds. The van der Waals surface area contributed by atoms with Crippen LogP contribution in [0.5, 0.6) is 11.5 Å². The monoisotopic (exact) mass is 508 g/mol. The van der Waals surface area contributed by atoms with Crippen molar-refractivity contribution in [1.29, 1.82) is 0 Å². The van der Waals surface area contributed by atoms with Crippen molar-refractivity contribution >= 4 is 23.6 Å². The number of amides is 2. The Morgan fingerprint density at radius 2 is 1.30 bits per heavy atom. The van der Waals surface area contributed by atoms with Gasteiger partial charge in [0, 0.05) is 18.7 Å². The number of rotatable bonds is 7. The second-order valence-corrected chi connectivity index (χ2v) is 10.2. The standard InChI is InChI=1S/C25H24N2O2S.C6H4O/c1-19(28)26-27-23(17-24(27)29)18-30-25(20-11-5-2-6-12-20,21-13-7-3-8-14-21)22-15-9-4-10-16-22;1-2-5-4-6(3-1)7-5/h2-16,23H,17-18H2,1H3,(H,26,28);1-4H. The smallest absolute Gasteiger partial charge is 0.243 e. The summed E-state index contributed by atoms with van der Waals surface area (Å²) in [7, 11) is 0. The molecule has 1 N–H and O–H groups in total. The highest BCUT2D eigenvalue weighted by molar-refractivity contribution is 8.00. The molecule has 4 aromatic rings. The molecule has 0 radical (unpaired) electrons. The third-order valence-electron chi connectivity index (χ3n) is 6.40. The molecule has 1 unspecified atom stereocenters. The lowest BCUT2D eigenvalue weighted by molar-refractivity contribution is -0.155. The first-order chi connectivity index (χ1) is 18.1. The predicted octanol–water partition coefficient (Wildman–Crippen LogP) is 6.16. The molecular weight excluding hydrogens is 480 g/mol. The number of hydrogen-bond donors (Lipinski definition) is 1. The van der Waals surface area contributed by atoms with Crippen molar-refractivity contribution < 1.29 is 14.3 Å². The number of ether oxygens (including phenoxy) is 1. The van der Waals surface area contributed by atoms with Gasteiger partial charge in [-0.2, -0.15) is 0 Å². The minimum absolute atomic E-state index is 0.0260. The molecule has 3 heterocycles. The van der Waals surface area contributed by atoms with Gasteiger partial charge in [0.1, 0.15) is 11.5 Å². The van der Waals surface area contributed by atoms with E-state index in [1.807, 2.05) is 42.5 Å². The maximum Gasteiger partial charge on any atom is 0.243 e. The first-order valence-electron chi connectivity index (χ1n) is 12.2. The summed E-state index contributed by atoms with van der Waals surface area (Å²) in [5, 5.41) is 1.47. The summed E-state index contributed by atoms with van der Waals surface area (Å²) < 4.78 is 4.58. The predicted molar refractivity (Wildman–Crippen MR) is 147 cm³/mol. The van der Waals surface area contributed by atoms with Crippen molar-refractivity contribution in [1.82, 2.24) is 10.4 Å². The van der Waals surface area contributed by atoms with Crippen LogP contribution in [0.1, 0.15) is 30.0 Å². The third kappa shape index (κ3) is 5.25. The third-order valence-corrected chi connectivity index (χ3v) is 8.09. The molecule has 7 rings (SSSR count). The van der Waals surface area contributed by atoms with Crippen LogP contribution in [0.15, 0.2) is 115 Å². The molecule has 186 valence electrons. The van der Waals surface area contributed by atoms with Gasteiger partial charge in [-0.3, -0.25) is 15.0 Å². The Morgan fingerprint density at radius 1 is 0.838 bits per heavy atom. The van der Waals surface area contributed by atoms with Crippen molar-refractivity contribution in [3.8, 4) is 11.5 Å². The molecule has 0 saturated carbocycles. The minimum Gasteiger partial charge on any atom is -0.457 e. The van der Waals surface area contributed by atoms with Crippen molar-refractivity contribution in [2.24, 2.45) is 0 Å². The van der Waals surface area contributed by atoms with Crippen LogP contribution in [-0.4, -0.2) is 28.6 Å². The second kappa shape index (κ2) is 10.9. The van der Waals surface area contributed by atoms with E-state index in [2.05, 4.69) is 78.2 Å². The molecular formula is C31H28N2O3S. The summed E-state index contributed by atoms with van der Waals surface area (Å²) >= 11 is 1.80. The van der Waals surface area contributed by atoms with Gasteiger partial charge in [-0.25, -0.2) is 5.01 Å². The highest BCUT2D eigenvalue weighted by atomic mass is 32.2. The molecule has 6 heteroatoms. The topological polar surface area (TPSA) is 58.6 Å². The van der Waals surface area contributed by atoms with E-state index < -0.39 is 4.75 Å². The van der Waals surface area contributed by atoms with Gasteiger partial charge < -0.3 is 4.74 Å². The van der Waals surface area contributed by atoms with Crippen LogP contribution in [-0.2, 0) is 14.3 Å². The van der Waals surface area contributed by atoms with Gasteiger partial charge in [-0.1, -0.05) is 97.1 Å². The maximum atomic E-state index is 12.0.